The Labute approximate surface area is 178 Å². The molecule has 0 unspecified atom stereocenters. The number of hydrogen-bond acceptors (Lipinski definition) is 7. The fourth-order valence-corrected chi connectivity index (χ4v) is 5.22. The molecule has 0 radical (unpaired) electrons. The van der Waals surface area contributed by atoms with Gasteiger partial charge < -0.3 is 14.2 Å². The average molecular weight is 429 g/mol. The molecule has 0 spiro atoms. The van der Waals surface area contributed by atoms with Gasteiger partial charge in [0, 0.05) is 23.4 Å². The van der Waals surface area contributed by atoms with E-state index in [4.69, 9.17) is 19.2 Å². The number of benzene rings is 1. The molecule has 7 nitrogen and oxygen atoms in total. The van der Waals surface area contributed by atoms with E-state index < -0.39 is 0 Å². The van der Waals surface area contributed by atoms with Gasteiger partial charge in [0.1, 0.15) is 10.7 Å². The first-order chi connectivity index (χ1) is 14.6. The summed E-state index contributed by atoms with van der Waals surface area (Å²) in [5.74, 6) is 1.45. The normalized spacial score (nSPS) is 12.8. The highest BCUT2D eigenvalue weighted by atomic mass is 32.1. The Hall–Kier alpha value is -2.87. The summed E-state index contributed by atoms with van der Waals surface area (Å²) in [6.07, 6.45) is 3.74. The van der Waals surface area contributed by atoms with Crippen LogP contribution >= 0.6 is 11.3 Å². The van der Waals surface area contributed by atoms with Crippen molar-refractivity contribution in [2.45, 2.75) is 38.6 Å². The molecule has 2 heterocycles. The van der Waals surface area contributed by atoms with Crippen molar-refractivity contribution < 1.29 is 19.0 Å². The molecule has 0 bridgehead atoms. The zero-order chi connectivity index (χ0) is 21.3. The monoisotopic (exact) mass is 428 g/mol. The van der Waals surface area contributed by atoms with Crippen molar-refractivity contribution in [3.05, 3.63) is 39.0 Å². The van der Waals surface area contributed by atoms with E-state index in [0.717, 1.165) is 40.6 Å². The van der Waals surface area contributed by atoms with Gasteiger partial charge in [0.05, 0.1) is 26.7 Å². The fraction of sp³-hybridized carbons (Fsp3) is 0.409. The van der Waals surface area contributed by atoms with Gasteiger partial charge in [-0.3, -0.25) is 14.2 Å². The number of aromatic nitrogens is 2. The third kappa shape index (κ3) is 3.56. The van der Waals surface area contributed by atoms with Crippen LogP contribution in [0.4, 0.5) is 0 Å². The standard InChI is InChI=1S/C22H24N2O5S/c1-27-15-10-9-13(12-16(15)28-2)20-23-21-19(14-6-4-7-17(14)30-21)22(26)24(20)11-5-8-18(25)29-3/h9-10,12H,4-8,11H2,1-3H3. The van der Waals surface area contributed by atoms with Crippen LogP contribution in [0.15, 0.2) is 23.0 Å². The number of methoxy groups -OCH3 is 3. The average Bonchev–Trinajstić information content (AvgIpc) is 3.35. The zero-order valence-electron chi connectivity index (χ0n) is 17.3. The second-order valence-corrected chi connectivity index (χ2v) is 8.26. The molecule has 0 aliphatic heterocycles. The maximum Gasteiger partial charge on any atom is 0.305 e. The lowest BCUT2D eigenvalue weighted by molar-refractivity contribution is -0.140. The summed E-state index contributed by atoms with van der Waals surface area (Å²) in [6, 6.07) is 5.50. The summed E-state index contributed by atoms with van der Waals surface area (Å²) < 4.78 is 17.2. The van der Waals surface area contributed by atoms with E-state index in [0.29, 0.717) is 30.3 Å². The number of rotatable bonds is 7. The van der Waals surface area contributed by atoms with E-state index in [-0.39, 0.29) is 17.9 Å². The summed E-state index contributed by atoms with van der Waals surface area (Å²) in [5, 5.41) is 0.731. The Morgan fingerprint density at radius 1 is 1.17 bits per heavy atom. The molecule has 0 saturated heterocycles. The van der Waals surface area contributed by atoms with Crippen molar-refractivity contribution in [3.8, 4) is 22.9 Å². The largest absolute Gasteiger partial charge is 0.493 e. The maximum atomic E-state index is 13.5. The molecule has 0 amide bonds. The van der Waals surface area contributed by atoms with Crippen molar-refractivity contribution in [2.24, 2.45) is 0 Å². The van der Waals surface area contributed by atoms with Crippen molar-refractivity contribution >= 4 is 27.5 Å². The number of hydrogen-bond donors (Lipinski definition) is 0. The molecule has 2 aromatic heterocycles. The van der Waals surface area contributed by atoms with E-state index >= 15 is 0 Å². The van der Waals surface area contributed by atoms with Gasteiger partial charge in [0.2, 0.25) is 0 Å². The third-order valence-corrected chi connectivity index (χ3v) is 6.64. The number of carbonyl (C=O) groups is 1. The van der Waals surface area contributed by atoms with E-state index in [1.54, 1.807) is 36.2 Å². The number of fused-ring (bicyclic) bond motifs is 3. The summed E-state index contributed by atoms with van der Waals surface area (Å²) in [6.45, 7) is 0.380. The molecular weight excluding hydrogens is 404 g/mol. The predicted molar refractivity (Wildman–Crippen MR) is 116 cm³/mol. The van der Waals surface area contributed by atoms with Crippen LogP contribution in [0.5, 0.6) is 11.5 Å². The smallest absolute Gasteiger partial charge is 0.305 e. The van der Waals surface area contributed by atoms with Crippen LogP contribution in [0.3, 0.4) is 0 Å². The summed E-state index contributed by atoms with van der Waals surface area (Å²) in [4.78, 5) is 32.0. The predicted octanol–water partition coefficient (Wildman–Crippen LogP) is 3.58. The molecular formula is C22H24N2O5S. The molecule has 0 fully saturated rings. The molecule has 1 aliphatic carbocycles. The number of thiophene rings is 1. The molecule has 4 rings (SSSR count). The second kappa shape index (κ2) is 8.47. The molecule has 0 saturated carbocycles. The minimum atomic E-state index is -0.291. The molecule has 30 heavy (non-hydrogen) atoms. The highest BCUT2D eigenvalue weighted by Gasteiger charge is 2.24. The second-order valence-electron chi connectivity index (χ2n) is 7.18. The van der Waals surface area contributed by atoms with Crippen molar-refractivity contribution in [1.29, 1.82) is 0 Å². The molecule has 3 aromatic rings. The van der Waals surface area contributed by atoms with Gasteiger partial charge in [-0.1, -0.05) is 0 Å². The van der Waals surface area contributed by atoms with Crippen molar-refractivity contribution in [2.75, 3.05) is 21.3 Å². The minimum Gasteiger partial charge on any atom is -0.493 e. The fourth-order valence-electron chi connectivity index (χ4n) is 3.96. The quantitative estimate of drug-likeness (QED) is 0.535. The Morgan fingerprint density at radius 2 is 1.97 bits per heavy atom. The molecule has 8 heteroatoms. The lowest BCUT2D eigenvalue weighted by Gasteiger charge is -2.14. The number of nitrogens with zero attached hydrogens (tertiary/aromatic N) is 2. The van der Waals surface area contributed by atoms with Crippen LogP contribution in [-0.4, -0.2) is 36.8 Å². The summed E-state index contributed by atoms with van der Waals surface area (Å²) in [5.41, 5.74) is 1.86. The van der Waals surface area contributed by atoms with Gasteiger partial charge in [-0.15, -0.1) is 11.3 Å². The number of ether oxygens (including phenoxy) is 3. The van der Waals surface area contributed by atoms with Crippen LogP contribution in [-0.2, 0) is 28.9 Å². The van der Waals surface area contributed by atoms with E-state index in [1.165, 1.54) is 12.0 Å². The topological polar surface area (TPSA) is 79.7 Å². The molecule has 0 N–H and O–H groups in total. The van der Waals surface area contributed by atoms with Crippen molar-refractivity contribution in [3.63, 3.8) is 0 Å². The Morgan fingerprint density at radius 3 is 2.70 bits per heavy atom. The SMILES string of the molecule is COC(=O)CCCn1c(-c2ccc(OC)c(OC)c2)nc2sc3c(c2c1=O)CCC3. The Bertz CT molecular complexity index is 1160. The first-order valence-corrected chi connectivity index (χ1v) is 10.7. The maximum absolute atomic E-state index is 13.5. The van der Waals surface area contributed by atoms with Gasteiger partial charge in [-0.05, 0) is 49.4 Å². The van der Waals surface area contributed by atoms with Crippen LogP contribution in [0.2, 0.25) is 0 Å². The van der Waals surface area contributed by atoms with Crippen LogP contribution in [0.1, 0.15) is 29.7 Å². The van der Waals surface area contributed by atoms with E-state index in [1.807, 2.05) is 12.1 Å². The van der Waals surface area contributed by atoms with E-state index in [2.05, 4.69) is 0 Å². The van der Waals surface area contributed by atoms with Gasteiger partial charge >= 0.3 is 5.97 Å². The van der Waals surface area contributed by atoms with Crippen LogP contribution in [0, 0.1) is 0 Å². The Kier molecular flexibility index (Phi) is 5.76. The van der Waals surface area contributed by atoms with E-state index in [9.17, 15) is 9.59 Å². The molecule has 158 valence electrons. The highest BCUT2D eigenvalue weighted by molar-refractivity contribution is 7.18. The number of aryl methyl sites for hydroxylation is 2. The third-order valence-electron chi connectivity index (χ3n) is 5.46. The number of esters is 1. The number of carbonyl (C=O) groups excluding carboxylic acids is 1. The van der Waals surface area contributed by atoms with Gasteiger partial charge in [-0.2, -0.15) is 0 Å². The highest BCUT2D eigenvalue weighted by Crippen LogP contribution is 2.37. The van der Waals surface area contributed by atoms with Crippen molar-refractivity contribution in [1.82, 2.24) is 9.55 Å². The minimum absolute atomic E-state index is 0.0472. The summed E-state index contributed by atoms with van der Waals surface area (Å²) in [7, 11) is 4.52. The first-order valence-electron chi connectivity index (χ1n) is 9.91. The van der Waals surface area contributed by atoms with Crippen LogP contribution < -0.4 is 15.0 Å². The Balaban J connectivity index is 1.86. The molecule has 1 aromatic carbocycles. The lowest BCUT2D eigenvalue weighted by atomic mass is 10.1. The molecule has 0 atom stereocenters. The first kappa shape index (κ1) is 20.4. The van der Waals surface area contributed by atoms with Gasteiger partial charge in [0.15, 0.2) is 11.5 Å². The summed E-state index contributed by atoms with van der Waals surface area (Å²) >= 11 is 1.61. The van der Waals surface area contributed by atoms with Gasteiger partial charge in [0.25, 0.3) is 5.56 Å². The molecule has 1 aliphatic rings. The van der Waals surface area contributed by atoms with Gasteiger partial charge in [-0.25, -0.2) is 4.98 Å². The lowest BCUT2D eigenvalue weighted by Crippen LogP contribution is -2.24. The van der Waals surface area contributed by atoms with Crippen LogP contribution in [0.25, 0.3) is 21.6 Å². The zero-order valence-corrected chi connectivity index (χ0v) is 18.1.